The van der Waals surface area contributed by atoms with E-state index in [1.807, 2.05) is 12.1 Å². The Balaban J connectivity index is 1.96. The molecule has 0 bridgehead atoms. The van der Waals surface area contributed by atoms with Crippen LogP contribution < -0.4 is 0 Å². The molecule has 0 spiro atoms. The van der Waals surface area contributed by atoms with Crippen LogP contribution in [0.2, 0.25) is 5.02 Å². The van der Waals surface area contributed by atoms with Crippen LogP contribution in [0.3, 0.4) is 0 Å². The minimum absolute atomic E-state index is 0.840. The van der Waals surface area contributed by atoms with E-state index in [-0.39, 0.29) is 0 Å². The van der Waals surface area contributed by atoms with Gasteiger partial charge in [0.05, 0.1) is 23.8 Å². The molecule has 1 aliphatic heterocycles. The SMILES string of the molecule is CCn1cc(CN2CCOCC2)c2cccc(Cl)c21. The summed E-state index contributed by atoms with van der Waals surface area (Å²) < 4.78 is 7.65. The topological polar surface area (TPSA) is 17.4 Å². The minimum Gasteiger partial charge on any atom is -0.379 e. The molecule has 0 radical (unpaired) electrons. The maximum atomic E-state index is 6.34. The van der Waals surface area contributed by atoms with Crippen LogP contribution in [0.5, 0.6) is 0 Å². The van der Waals surface area contributed by atoms with E-state index in [0.717, 1.165) is 49.9 Å². The molecular formula is C15H19ClN2O. The van der Waals surface area contributed by atoms with Crippen molar-refractivity contribution in [2.24, 2.45) is 0 Å². The third kappa shape index (κ3) is 2.50. The Morgan fingerprint density at radius 1 is 1.26 bits per heavy atom. The molecule has 2 aromatic rings. The van der Waals surface area contributed by atoms with E-state index < -0.39 is 0 Å². The van der Waals surface area contributed by atoms with Crippen LogP contribution in [0.15, 0.2) is 24.4 Å². The summed E-state index contributed by atoms with van der Waals surface area (Å²) in [5, 5.41) is 2.12. The molecule has 1 aromatic heterocycles. The smallest absolute Gasteiger partial charge is 0.0672 e. The number of aryl methyl sites for hydroxylation is 1. The van der Waals surface area contributed by atoms with Crippen LogP contribution in [0.4, 0.5) is 0 Å². The average Bonchev–Trinajstić information content (AvgIpc) is 2.80. The number of ether oxygens (including phenoxy) is 1. The zero-order valence-electron chi connectivity index (χ0n) is 11.2. The van der Waals surface area contributed by atoms with Crippen molar-refractivity contribution in [3.05, 3.63) is 35.0 Å². The number of fused-ring (bicyclic) bond motifs is 1. The summed E-state index contributed by atoms with van der Waals surface area (Å²) in [6.07, 6.45) is 2.24. The molecule has 1 saturated heterocycles. The van der Waals surface area contributed by atoms with Gasteiger partial charge in [0.15, 0.2) is 0 Å². The monoisotopic (exact) mass is 278 g/mol. The minimum atomic E-state index is 0.840. The average molecular weight is 279 g/mol. The van der Waals surface area contributed by atoms with Gasteiger partial charge in [0, 0.05) is 37.8 Å². The van der Waals surface area contributed by atoms with Gasteiger partial charge in [-0.15, -0.1) is 0 Å². The quantitative estimate of drug-likeness (QED) is 0.858. The van der Waals surface area contributed by atoms with E-state index >= 15 is 0 Å². The standard InChI is InChI=1S/C15H19ClN2O/c1-2-18-11-12(10-17-6-8-19-9-7-17)13-4-3-5-14(16)15(13)18/h3-5,11H,2,6-10H2,1H3. The molecule has 19 heavy (non-hydrogen) atoms. The summed E-state index contributed by atoms with van der Waals surface area (Å²) in [5.74, 6) is 0. The lowest BCUT2D eigenvalue weighted by atomic mass is 10.1. The number of rotatable bonds is 3. The first-order valence-electron chi connectivity index (χ1n) is 6.86. The van der Waals surface area contributed by atoms with Crippen molar-refractivity contribution < 1.29 is 4.74 Å². The molecule has 2 heterocycles. The Labute approximate surface area is 118 Å². The summed E-state index contributed by atoms with van der Waals surface area (Å²) >= 11 is 6.34. The highest BCUT2D eigenvalue weighted by Crippen LogP contribution is 2.29. The lowest BCUT2D eigenvalue weighted by Gasteiger charge is -2.26. The second-order valence-electron chi connectivity index (χ2n) is 4.96. The van der Waals surface area contributed by atoms with Crippen molar-refractivity contribution in [2.45, 2.75) is 20.0 Å². The van der Waals surface area contributed by atoms with Gasteiger partial charge in [-0.25, -0.2) is 0 Å². The fourth-order valence-electron chi connectivity index (χ4n) is 2.76. The van der Waals surface area contributed by atoms with Gasteiger partial charge in [-0.3, -0.25) is 4.90 Å². The molecule has 1 fully saturated rings. The zero-order valence-corrected chi connectivity index (χ0v) is 12.0. The lowest BCUT2D eigenvalue weighted by Crippen LogP contribution is -2.35. The molecule has 3 nitrogen and oxygen atoms in total. The van der Waals surface area contributed by atoms with Gasteiger partial charge < -0.3 is 9.30 Å². The highest BCUT2D eigenvalue weighted by Gasteiger charge is 2.15. The molecule has 102 valence electrons. The lowest BCUT2D eigenvalue weighted by molar-refractivity contribution is 0.0343. The molecule has 1 aliphatic rings. The highest BCUT2D eigenvalue weighted by atomic mass is 35.5. The third-order valence-electron chi connectivity index (χ3n) is 3.77. The number of para-hydroxylation sites is 1. The number of hydrogen-bond donors (Lipinski definition) is 0. The highest BCUT2D eigenvalue weighted by molar-refractivity contribution is 6.35. The van der Waals surface area contributed by atoms with Crippen LogP contribution in [-0.4, -0.2) is 35.8 Å². The Kier molecular flexibility index (Phi) is 3.78. The third-order valence-corrected chi connectivity index (χ3v) is 4.07. The van der Waals surface area contributed by atoms with Crippen molar-refractivity contribution in [3.8, 4) is 0 Å². The number of halogens is 1. The Morgan fingerprint density at radius 2 is 2.05 bits per heavy atom. The fourth-order valence-corrected chi connectivity index (χ4v) is 3.05. The molecule has 3 rings (SSSR count). The van der Waals surface area contributed by atoms with Gasteiger partial charge in [0.25, 0.3) is 0 Å². The molecule has 0 aliphatic carbocycles. The Bertz CT molecular complexity index is 573. The van der Waals surface area contributed by atoms with Gasteiger partial charge >= 0.3 is 0 Å². The molecule has 4 heteroatoms. The van der Waals surface area contributed by atoms with Crippen LogP contribution in [0, 0.1) is 0 Å². The molecule has 0 atom stereocenters. The number of benzene rings is 1. The maximum Gasteiger partial charge on any atom is 0.0672 e. The second kappa shape index (κ2) is 5.53. The summed E-state index contributed by atoms with van der Waals surface area (Å²) in [5.41, 5.74) is 2.52. The number of hydrogen-bond acceptors (Lipinski definition) is 2. The molecule has 1 aromatic carbocycles. The van der Waals surface area contributed by atoms with Gasteiger partial charge in [0.2, 0.25) is 0 Å². The summed E-state index contributed by atoms with van der Waals surface area (Å²) in [6, 6.07) is 6.17. The van der Waals surface area contributed by atoms with Crippen molar-refractivity contribution in [1.29, 1.82) is 0 Å². The zero-order chi connectivity index (χ0) is 13.2. The van der Waals surface area contributed by atoms with Crippen LogP contribution >= 0.6 is 11.6 Å². The van der Waals surface area contributed by atoms with Crippen molar-refractivity contribution >= 4 is 22.5 Å². The van der Waals surface area contributed by atoms with E-state index in [9.17, 15) is 0 Å². The van der Waals surface area contributed by atoms with Crippen LogP contribution in [0.1, 0.15) is 12.5 Å². The summed E-state index contributed by atoms with van der Waals surface area (Å²) in [6.45, 7) is 7.79. The second-order valence-corrected chi connectivity index (χ2v) is 5.37. The first-order chi connectivity index (χ1) is 9.29. The molecule has 0 N–H and O–H groups in total. The summed E-state index contributed by atoms with van der Waals surface area (Å²) in [7, 11) is 0. The first kappa shape index (κ1) is 13.0. The fraction of sp³-hybridized carbons (Fsp3) is 0.467. The predicted octanol–water partition coefficient (Wildman–Crippen LogP) is 3.15. The largest absolute Gasteiger partial charge is 0.379 e. The van der Waals surface area contributed by atoms with Crippen molar-refractivity contribution in [3.63, 3.8) is 0 Å². The molecule has 0 unspecified atom stereocenters. The van der Waals surface area contributed by atoms with Gasteiger partial charge in [-0.1, -0.05) is 23.7 Å². The van der Waals surface area contributed by atoms with Gasteiger partial charge in [-0.2, -0.15) is 0 Å². The van der Waals surface area contributed by atoms with Crippen LogP contribution in [0.25, 0.3) is 10.9 Å². The van der Waals surface area contributed by atoms with E-state index in [4.69, 9.17) is 16.3 Å². The molecule has 0 saturated carbocycles. The van der Waals surface area contributed by atoms with Crippen molar-refractivity contribution in [2.75, 3.05) is 26.3 Å². The normalized spacial score (nSPS) is 17.2. The van der Waals surface area contributed by atoms with E-state index in [1.165, 1.54) is 10.9 Å². The Hall–Kier alpha value is -1.03. The van der Waals surface area contributed by atoms with E-state index in [1.54, 1.807) is 0 Å². The van der Waals surface area contributed by atoms with Crippen LogP contribution in [-0.2, 0) is 17.8 Å². The predicted molar refractivity (Wildman–Crippen MR) is 78.7 cm³/mol. The first-order valence-corrected chi connectivity index (χ1v) is 7.23. The van der Waals surface area contributed by atoms with E-state index in [0.29, 0.717) is 0 Å². The molecule has 0 amide bonds. The van der Waals surface area contributed by atoms with Crippen molar-refractivity contribution in [1.82, 2.24) is 9.47 Å². The molecular weight excluding hydrogens is 260 g/mol. The number of nitrogens with zero attached hydrogens (tertiary/aromatic N) is 2. The van der Waals surface area contributed by atoms with Gasteiger partial charge in [0.1, 0.15) is 0 Å². The number of aromatic nitrogens is 1. The van der Waals surface area contributed by atoms with E-state index in [2.05, 4.69) is 28.7 Å². The summed E-state index contributed by atoms with van der Waals surface area (Å²) in [4.78, 5) is 2.44. The number of morpholine rings is 1. The maximum absolute atomic E-state index is 6.34. The van der Waals surface area contributed by atoms with Gasteiger partial charge in [-0.05, 0) is 18.6 Å². The Morgan fingerprint density at radius 3 is 2.79 bits per heavy atom.